The number of benzene rings is 1. The number of nitrogens with zero attached hydrogens (tertiary/aromatic N) is 2. The maximum atomic E-state index is 12.7. The summed E-state index contributed by atoms with van der Waals surface area (Å²) in [4.78, 5) is 17.0. The van der Waals surface area contributed by atoms with Crippen LogP contribution in [-0.4, -0.2) is 16.0 Å². The first-order chi connectivity index (χ1) is 11.4. The normalized spacial score (nSPS) is 11.0. The van der Waals surface area contributed by atoms with Crippen molar-refractivity contribution in [1.82, 2.24) is 15.5 Å². The van der Waals surface area contributed by atoms with Crippen LogP contribution in [-0.2, 0) is 6.54 Å². The highest BCUT2D eigenvalue weighted by Gasteiger charge is 2.18. The Morgan fingerprint density at radius 3 is 2.42 bits per heavy atom. The summed E-state index contributed by atoms with van der Waals surface area (Å²) in [6.45, 7) is 10.4. The second kappa shape index (κ2) is 6.07. The molecule has 0 unspecified atom stereocenters. The minimum atomic E-state index is -0.142. The number of nitrogens with one attached hydrogen (secondary N) is 1. The zero-order valence-electron chi connectivity index (χ0n) is 14.7. The first kappa shape index (κ1) is 16.2. The summed E-state index contributed by atoms with van der Waals surface area (Å²) >= 11 is 0. The molecular formula is C19H21N3O2. The van der Waals surface area contributed by atoms with Gasteiger partial charge in [-0.3, -0.25) is 4.79 Å². The van der Waals surface area contributed by atoms with Crippen LogP contribution < -0.4 is 5.32 Å². The first-order valence-corrected chi connectivity index (χ1v) is 7.95. The SMILES string of the molecule is Cc1cc(C)c(CNC(=O)c2cc(C)nc3onc(C)c23)c(C)c1. The van der Waals surface area contributed by atoms with Gasteiger partial charge in [-0.15, -0.1) is 0 Å². The Labute approximate surface area is 141 Å². The Hall–Kier alpha value is -2.69. The van der Waals surface area contributed by atoms with Gasteiger partial charge < -0.3 is 9.84 Å². The quantitative estimate of drug-likeness (QED) is 0.798. The van der Waals surface area contributed by atoms with Gasteiger partial charge in [0.05, 0.1) is 16.6 Å². The zero-order chi connectivity index (χ0) is 17.4. The Morgan fingerprint density at radius 1 is 1.08 bits per heavy atom. The van der Waals surface area contributed by atoms with E-state index in [1.165, 1.54) is 16.7 Å². The highest BCUT2D eigenvalue weighted by atomic mass is 16.5. The first-order valence-electron chi connectivity index (χ1n) is 7.95. The fourth-order valence-electron chi connectivity index (χ4n) is 3.15. The van der Waals surface area contributed by atoms with Gasteiger partial charge in [0.2, 0.25) is 0 Å². The van der Waals surface area contributed by atoms with Crippen molar-refractivity contribution in [2.24, 2.45) is 0 Å². The van der Waals surface area contributed by atoms with Crippen LogP contribution in [0, 0.1) is 34.6 Å². The molecular weight excluding hydrogens is 302 g/mol. The summed E-state index contributed by atoms with van der Waals surface area (Å²) in [5.41, 5.74) is 7.11. The molecule has 5 heteroatoms. The van der Waals surface area contributed by atoms with E-state index < -0.39 is 0 Å². The third kappa shape index (κ3) is 2.89. The molecule has 24 heavy (non-hydrogen) atoms. The monoisotopic (exact) mass is 323 g/mol. The lowest BCUT2D eigenvalue weighted by atomic mass is 9.99. The standard InChI is InChI=1S/C19H21N3O2/c1-10-6-11(2)16(12(3)7-10)9-20-18(23)15-8-13(4)21-19-17(15)14(5)22-24-19/h6-8H,9H2,1-5H3,(H,20,23). The van der Waals surface area contributed by atoms with Gasteiger partial charge in [0, 0.05) is 12.2 Å². The predicted octanol–water partition coefficient (Wildman–Crippen LogP) is 3.69. The van der Waals surface area contributed by atoms with E-state index in [2.05, 4.69) is 48.4 Å². The van der Waals surface area contributed by atoms with Crippen molar-refractivity contribution in [1.29, 1.82) is 0 Å². The molecule has 0 aliphatic heterocycles. The molecule has 0 aliphatic carbocycles. The topological polar surface area (TPSA) is 68.0 Å². The lowest BCUT2D eigenvalue weighted by Crippen LogP contribution is -2.24. The van der Waals surface area contributed by atoms with Crippen LogP contribution in [0.3, 0.4) is 0 Å². The molecule has 0 spiro atoms. The third-order valence-electron chi connectivity index (χ3n) is 4.26. The Balaban J connectivity index is 1.90. The van der Waals surface area contributed by atoms with Crippen molar-refractivity contribution in [3.63, 3.8) is 0 Å². The summed E-state index contributed by atoms with van der Waals surface area (Å²) in [5, 5.41) is 7.61. The highest BCUT2D eigenvalue weighted by molar-refractivity contribution is 6.06. The second-order valence-corrected chi connectivity index (χ2v) is 6.32. The number of aryl methyl sites for hydroxylation is 5. The lowest BCUT2D eigenvalue weighted by molar-refractivity contribution is 0.0952. The van der Waals surface area contributed by atoms with Crippen LogP contribution in [0.15, 0.2) is 22.7 Å². The van der Waals surface area contributed by atoms with Crippen LogP contribution in [0.5, 0.6) is 0 Å². The molecule has 2 aromatic heterocycles. The lowest BCUT2D eigenvalue weighted by Gasteiger charge is -2.13. The largest absolute Gasteiger partial charge is 0.348 e. The Kier molecular flexibility index (Phi) is 4.09. The van der Waals surface area contributed by atoms with Crippen molar-refractivity contribution in [3.8, 4) is 0 Å². The van der Waals surface area contributed by atoms with E-state index in [0.717, 1.165) is 11.3 Å². The zero-order valence-corrected chi connectivity index (χ0v) is 14.7. The minimum Gasteiger partial charge on any atom is -0.348 e. The number of aromatic nitrogens is 2. The number of fused-ring (bicyclic) bond motifs is 1. The van der Waals surface area contributed by atoms with E-state index in [1.807, 2.05) is 13.8 Å². The molecule has 3 aromatic rings. The molecule has 1 N–H and O–H groups in total. The molecule has 0 fully saturated rings. The third-order valence-corrected chi connectivity index (χ3v) is 4.26. The van der Waals surface area contributed by atoms with E-state index in [9.17, 15) is 4.79 Å². The number of amides is 1. The molecule has 5 nitrogen and oxygen atoms in total. The molecule has 0 saturated heterocycles. The predicted molar refractivity (Wildman–Crippen MR) is 93.1 cm³/mol. The molecule has 1 aromatic carbocycles. The van der Waals surface area contributed by atoms with E-state index in [0.29, 0.717) is 28.9 Å². The van der Waals surface area contributed by atoms with Gasteiger partial charge in [-0.05, 0) is 57.4 Å². The molecule has 2 heterocycles. The average Bonchev–Trinajstić information content (AvgIpc) is 2.86. The van der Waals surface area contributed by atoms with Gasteiger partial charge in [-0.1, -0.05) is 22.9 Å². The van der Waals surface area contributed by atoms with Crippen molar-refractivity contribution in [3.05, 3.63) is 57.4 Å². The number of hydrogen-bond acceptors (Lipinski definition) is 4. The van der Waals surface area contributed by atoms with Gasteiger partial charge in [0.15, 0.2) is 0 Å². The van der Waals surface area contributed by atoms with Crippen LogP contribution in [0.25, 0.3) is 11.1 Å². The summed E-state index contributed by atoms with van der Waals surface area (Å²) in [6, 6.07) is 6.04. The Morgan fingerprint density at radius 2 is 1.75 bits per heavy atom. The van der Waals surface area contributed by atoms with Gasteiger partial charge >= 0.3 is 0 Å². The van der Waals surface area contributed by atoms with Crippen LogP contribution in [0.2, 0.25) is 0 Å². The summed E-state index contributed by atoms with van der Waals surface area (Å²) in [6.07, 6.45) is 0. The molecule has 124 valence electrons. The minimum absolute atomic E-state index is 0.142. The molecule has 0 atom stereocenters. The van der Waals surface area contributed by atoms with Crippen molar-refractivity contribution < 1.29 is 9.32 Å². The van der Waals surface area contributed by atoms with Gasteiger partial charge in [0.25, 0.3) is 11.6 Å². The number of rotatable bonds is 3. The van der Waals surface area contributed by atoms with Crippen molar-refractivity contribution >= 4 is 17.0 Å². The van der Waals surface area contributed by atoms with Crippen LogP contribution in [0.4, 0.5) is 0 Å². The number of hydrogen-bond donors (Lipinski definition) is 1. The molecule has 1 amide bonds. The van der Waals surface area contributed by atoms with Crippen molar-refractivity contribution in [2.45, 2.75) is 41.2 Å². The van der Waals surface area contributed by atoms with Gasteiger partial charge in [-0.25, -0.2) is 4.98 Å². The highest BCUT2D eigenvalue weighted by Crippen LogP contribution is 2.22. The molecule has 0 radical (unpaired) electrons. The number of carbonyl (C=O) groups is 1. The maximum Gasteiger partial charge on any atom is 0.258 e. The Bertz CT molecular complexity index is 918. The summed E-state index contributed by atoms with van der Waals surface area (Å²) in [7, 11) is 0. The number of carbonyl (C=O) groups excluding carboxylic acids is 1. The molecule has 0 saturated carbocycles. The van der Waals surface area contributed by atoms with Crippen LogP contribution >= 0.6 is 0 Å². The van der Waals surface area contributed by atoms with Gasteiger partial charge in [-0.2, -0.15) is 0 Å². The summed E-state index contributed by atoms with van der Waals surface area (Å²) in [5.74, 6) is -0.142. The van der Waals surface area contributed by atoms with E-state index in [4.69, 9.17) is 4.52 Å². The van der Waals surface area contributed by atoms with E-state index >= 15 is 0 Å². The fraction of sp³-hybridized carbons (Fsp3) is 0.316. The molecule has 0 bridgehead atoms. The average molecular weight is 323 g/mol. The van der Waals surface area contributed by atoms with Gasteiger partial charge in [0.1, 0.15) is 0 Å². The van der Waals surface area contributed by atoms with E-state index in [-0.39, 0.29) is 5.91 Å². The maximum absolute atomic E-state index is 12.7. The summed E-state index contributed by atoms with van der Waals surface area (Å²) < 4.78 is 5.19. The van der Waals surface area contributed by atoms with Crippen LogP contribution in [0.1, 0.15) is 44.0 Å². The van der Waals surface area contributed by atoms with Crippen molar-refractivity contribution in [2.75, 3.05) is 0 Å². The molecule has 3 rings (SSSR count). The second-order valence-electron chi connectivity index (χ2n) is 6.32. The number of pyridine rings is 1. The molecule has 0 aliphatic rings. The smallest absolute Gasteiger partial charge is 0.258 e. The van der Waals surface area contributed by atoms with E-state index in [1.54, 1.807) is 6.07 Å². The fourth-order valence-corrected chi connectivity index (χ4v) is 3.15.